The van der Waals surface area contributed by atoms with Gasteiger partial charge in [-0.25, -0.2) is 0 Å². The number of carbonyl (C=O) groups is 1. The highest BCUT2D eigenvalue weighted by Gasteiger charge is 2.29. The fourth-order valence-electron chi connectivity index (χ4n) is 2.79. The highest BCUT2D eigenvalue weighted by molar-refractivity contribution is 5.96. The molecule has 0 bridgehead atoms. The number of nitrogens with zero attached hydrogens (tertiary/aromatic N) is 1. The monoisotopic (exact) mass is 225 g/mol. The highest BCUT2D eigenvalue weighted by atomic mass is 16.2. The molecule has 2 heteroatoms. The quantitative estimate of drug-likeness (QED) is 0.671. The third-order valence-electron chi connectivity index (χ3n) is 3.75. The number of fused-ring (bicyclic) bond motifs is 1. The lowest BCUT2D eigenvalue weighted by Gasteiger charge is -2.17. The van der Waals surface area contributed by atoms with Crippen molar-refractivity contribution in [3.8, 4) is 12.3 Å². The molecule has 0 radical (unpaired) electrons. The molecule has 17 heavy (non-hydrogen) atoms. The SMILES string of the molecule is C#CC1CC(=O)N(c2ccc3c(c2)CCC3)C1. The van der Waals surface area contributed by atoms with Crippen LogP contribution in [0.25, 0.3) is 0 Å². The Morgan fingerprint density at radius 2 is 2.12 bits per heavy atom. The molecular formula is C15H15NO. The maximum absolute atomic E-state index is 11.9. The number of hydrogen-bond acceptors (Lipinski definition) is 1. The standard InChI is InChI=1S/C15H15NO/c1-2-11-8-15(17)16(10-11)14-7-6-12-4-3-5-13(12)9-14/h1,6-7,9,11H,3-5,8,10H2. The van der Waals surface area contributed by atoms with Gasteiger partial charge in [0.15, 0.2) is 0 Å². The Bertz CT molecular complexity index is 512. The summed E-state index contributed by atoms with van der Waals surface area (Å²) in [4.78, 5) is 13.7. The van der Waals surface area contributed by atoms with Crippen LogP contribution in [0, 0.1) is 18.3 Å². The van der Waals surface area contributed by atoms with Gasteiger partial charge in [0, 0.05) is 24.6 Å². The minimum Gasteiger partial charge on any atom is -0.311 e. The van der Waals surface area contributed by atoms with Gasteiger partial charge in [0.1, 0.15) is 0 Å². The first-order valence-electron chi connectivity index (χ1n) is 6.16. The lowest BCUT2D eigenvalue weighted by atomic mass is 10.1. The van der Waals surface area contributed by atoms with Crippen molar-refractivity contribution >= 4 is 11.6 Å². The summed E-state index contributed by atoms with van der Waals surface area (Å²) in [6, 6.07) is 6.38. The molecule has 0 saturated carbocycles. The Hall–Kier alpha value is -1.75. The minimum absolute atomic E-state index is 0.0794. The van der Waals surface area contributed by atoms with Crippen LogP contribution in [-0.2, 0) is 17.6 Å². The van der Waals surface area contributed by atoms with Crippen molar-refractivity contribution in [1.29, 1.82) is 0 Å². The first-order valence-corrected chi connectivity index (χ1v) is 6.16. The van der Waals surface area contributed by atoms with Crippen molar-refractivity contribution in [2.24, 2.45) is 5.92 Å². The zero-order valence-electron chi connectivity index (χ0n) is 9.78. The van der Waals surface area contributed by atoms with Crippen molar-refractivity contribution < 1.29 is 4.79 Å². The number of terminal acetylenes is 1. The Labute approximate surface area is 102 Å². The number of anilines is 1. The van der Waals surface area contributed by atoms with E-state index in [9.17, 15) is 4.79 Å². The molecule has 2 nitrogen and oxygen atoms in total. The van der Waals surface area contributed by atoms with Gasteiger partial charge >= 0.3 is 0 Å². The number of rotatable bonds is 1. The number of benzene rings is 1. The fourth-order valence-corrected chi connectivity index (χ4v) is 2.79. The summed E-state index contributed by atoms with van der Waals surface area (Å²) >= 11 is 0. The molecule has 1 amide bonds. The van der Waals surface area contributed by atoms with Crippen LogP contribution in [-0.4, -0.2) is 12.5 Å². The molecule has 86 valence electrons. The second-order valence-electron chi connectivity index (χ2n) is 4.88. The van der Waals surface area contributed by atoms with Crippen molar-refractivity contribution in [2.75, 3.05) is 11.4 Å². The number of amides is 1. The van der Waals surface area contributed by atoms with Crippen LogP contribution in [0.15, 0.2) is 18.2 Å². The number of aryl methyl sites for hydroxylation is 2. The molecule has 1 aliphatic heterocycles. The summed E-state index contributed by atoms with van der Waals surface area (Å²) in [7, 11) is 0. The molecule has 1 aromatic carbocycles. The molecule has 2 aliphatic rings. The molecule has 1 atom stereocenters. The van der Waals surface area contributed by atoms with Crippen LogP contribution in [0.5, 0.6) is 0 Å². The van der Waals surface area contributed by atoms with Crippen LogP contribution >= 0.6 is 0 Å². The van der Waals surface area contributed by atoms with Gasteiger partial charge in [0.05, 0.1) is 0 Å². The van der Waals surface area contributed by atoms with E-state index in [0.717, 1.165) is 12.1 Å². The lowest BCUT2D eigenvalue weighted by molar-refractivity contribution is -0.117. The molecule has 1 aliphatic carbocycles. The van der Waals surface area contributed by atoms with E-state index in [0.29, 0.717) is 13.0 Å². The van der Waals surface area contributed by atoms with E-state index in [1.807, 2.05) is 4.90 Å². The average Bonchev–Trinajstić information content (AvgIpc) is 2.93. The predicted octanol–water partition coefficient (Wildman–Crippen LogP) is 2.16. The normalized spacial score (nSPS) is 22.6. The molecule has 0 N–H and O–H groups in total. The van der Waals surface area contributed by atoms with E-state index >= 15 is 0 Å². The van der Waals surface area contributed by atoms with Crippen LogP contribution in [0.3, 0.4) is 0 Å². The minimum atomic E-state index is 0.0794. The van der Waals surface area contributed by atoms with E-state index in [4.69, 9.17) is 6.42 Å². The van der Waals surface area contributed by atoms with Gasteiger partial charge in [0.25, 0.3) is 0 Å². The number of carbonyl (C=O) groups excluding carboxylic acids is 1. The van der Waals surface area contributed by atoms with Gasteiger partial charge in [-0.05, 0) is 42.5 Å². The summed E-state index contributed by atoms with van der Waals surface area (Å²) in [5, 5.41) is 0. The first-order chi connectivity index (χ1) is 8.28. The molecular weight excluding hydrogens is 210 g/mol. The van der Waals surface area contributed by atoms with Crippen molar-refractivity contribution in [1.82, 2.24) is 0 Å². The third kappa shape index (κ3) is 1.72. The summed E-state index contributed by atoms with van der Waals surface area (Å²) < 4.78 is 0. The summed E-state index contributed by atoms with van der Waals surface area (Å²) in [6.45, 7) is 0.675. The molecule has 0 spiro atoms. The molecule has 1 heterocycles. The maximum atomic E-state index is 11.9. The highest BCUT2D eigenvalue weighted by Crippen LogP contribution is 2.30. The van der Waals surface area contributed by atoms with Gasteiger partial charge in [-0.3, -0.25) is 4.79 Å². The average molecular weight is 225 g/mol. The Kier molecular flexibility index (Phi) is 2.40. The van der Waals surface area contributed by atoms with Crippen molar-refractivity contribution in [2.45, 2.75) is 25.7 Å². The first kappa shape index (κ1) is 10.4. The van der Waals surface area contributed by atoms with E-state index in [2.05, 4.69) is 24.1 Å². The van der Waals surface area contributed by atoms with Crippen molar-refractivity contribution in [3.63, 3.8) is 0 Å². The molecule has 1 saturated heterocycles. The van der Waals surface area contributed by atoms with Crippen LogP contribution in [0.4, 0.5) is 5.69 Å². The van der Waals surface area contributed by atoms with Crippen LogP contribution in [0.2, 0.25) is 0 Å². The van der Waals surface area contributed by atoms with Gasteiger partial charge in [-0.15, -0.1) is 12.3 Å². The molecule has 1 unspecified atom stereocenters. The van der Waals surface area contributed by atoms with Gasteiger partial charge in [-0.2, -0.15) is 0 Å². The smallest absolute Gasteiger partial charge is 0.228 e. The topological polar surface area (TPSA) is 20.3 Å². The van der Waals surface area contributed by atoms with Gasteiger partial charge < -0.3 is 4.90 Å². The zero-order chi connectivity index (χ0) is 11.8. The Balaban J connectivity index is 1.90. The zero-order valence-corrected chi connectivity index (χ0v) is 9.78. The van der Waals surface area contributed by atoms with E-state index < -0.39 is 0 Å². The second-order valence-corrected chi connectivity index (χ2v) is 4.88. The summed E-state index contributed by atoms with van der Waals surface area (Å²) in [5.41, 5.74) is 3.86. The van der Waals surface area contributed by atoms with E-state index in [-0.39, 0.29) is 11.8 Å². The Morgan fingerprint density at radius 1 is 1.29 bits per heavy atom. The van der Waals surface area contributed by atoms with Crippen molar-refractivity contribution in [3.05, 3.63) is 29.3 Å². The maximum Gasteiger partial charge on any atom is 0.228 e. The summed E-state index contributed by atoms with van der Waals surface area (Å²) in [6.07, 6.45) is 9.45. The summed E-state index contributed by atoms with van der Waals surface area (Å²) in [5.74, 6) is 2.92. The van der Waals surface area contributed by atoms with Gasteiger partial charge in [0.2, 0.25) is 5.91 Å². The van der Waals surface area contributed by atoms with Gasteiger partial charge in [-0.1, -0.05) is 6.07 Å². The molecule has 0 aromatic heterocycles. The molecule has 3 rings (SSSR count). The second kappa shape index (κ2) is 3.92. The van der Waals surface area contributed by atoms with E-state index in [1.54, 1.807) is 0 Å². The lowest BCUT2D eigenvalue weighted by Crippen LogP contribution is -2.24. The fraction of sp³-hybridized carbons (Fsp3) is 0.400. The Morgan fingerprint density at radius 3 is 2.88 bits per heavy atom. The predicted molar refractivity (Wildman–Crippen MR) is 67.8 cm³/mol. The third-order valence-corrected chi connectivity index (χ3v) is 3.75. The van der Waals surface area contributed by atoms with E-state index in [1.165, 1.54) is 24.0 Å². The molecule has 1 fully saturated rings. The molecule has 1 aromatic rings. The van der Waals surface area contributed by atoms with Crippen LogP contribution in [0.1, 0.15) is 24.0 Å². The largest absolute Gasteiger partial charge is 0.311 e. The van der Waals surface area contributed by atoms with Crippen LogP contribution < -0.4 is 4.90 Å². The number of hydrogen-bond donors (Lipinski definition) is 0.